The van der Waals surface area contributed by atoms with E-state index in [0.29, 0.717) is 5.96 Å². The van der Waals surface area contributed by atoms with Crippen LogP contribution in [-0.4, -0.2) is 31.6 Å². The third-order valence-corrected chi connectivity index (χ3v) is 3.06. The van der Waals surface area contributed by atoms with Crippen molar-refractivity contribution >= 4 is 5.96 Å². The van der Waals surface area contributed by atoms with E-state index in [2.05, 4.69) is 17.1 Å². The third kappa shape index (κ3) is 1.71. The fourth-order valence-electron chi connectivity index (χ4n) is 2.01. The average Bonchev–Trinajstić information content (AvgIpc) is 2.60. The first kappa shape index (κ1) is 10.8. The summed E-state index contributed by atoms with van der Waals surface area (Å²) in [5, 5.41) is 0. The number of nitrogens with zero attached hydrogens (tertiary/aromatic N) is 2. The molecule has 1 atom stereocenters. The van der Waals surface area contributed by atoms with E-state index in [0.717, 1.165) is 17.9 Å². The summed E-state index contributed by atoms with van der Waals surface area (Å²) in [6.45, 7) is 2.77. The molecule has 0 bridgehead atoms. The lowest BCUT2D eigenvalue weighted by Gasteiger charge is -2.22. The fourth-order valence-corrected chi connectivity index (χ4v) is 2.01. The Morgan fingerprint density at radius 2 is 2.25 bits per heavy atom. The van der Waals surface area contributed by atoms with Gasteiger partial charge in [-0.1, -0.05) is 12.1 Å². The summed E-state index contributed by atoms with van der Waals surface area (Å²) in [4.78, 5) is 6.24. The molecule has 1 aromatic carbocycles. The Kier molecular flexibility index (Phi) is 2.73. The van der Waals surface area contributed by atoms with E-state index in [1.54, 1.807) is 7.11 Å². The molecule has 0 aromatic heterocycles. The Morgan fingerprint density at radius 1 is 1.50 bits per heavy atom. The summed E-state index contributed by atoms with van der Waals surface area (Å²) in [6.07, 6.45) is 0. The van der Waals surface area contributed by atoms with E-state index >= 15 is 0 Å². The molecule has 4 nitrogen and oxygen atoms in total. The molecule has 2 rings (SSSR count). The van der Waals surface area contributed by atoms with Crippen LogP contribution in [0.15, 0.2) is 23.2 Å². The second kappa shape index (κ2) is 4.04. The van der Waals surface area contributed by atoms with Gasteiger partial charge in [-0.3, -0.25) is 4.99 Å². The maximum atomic E-state index is 5.75. The van der Waals surface area contributed by atoms with E-state index in [1.165, 1.54) is 5.56 Å². The van der Waals surface area contributed by atoms with Crippen LogP contribution in [0.4, 0.5) is 0 Å². The molecule has 4 heteroatoms. The summed E-state index contributed by atoms with van der Waals surface area (Å²) < 4.78 is 5.24. The summed E-state index contributed by atoms with van der Waals surface area (Å²) in [6, 6.07) is 6.45. The molecule has 0 fully saturated rings. The Hall–Kier alpha value is -1.71. The topological polar surface area (TPSA) is 50.9 Å². The maximum Gasteiger partial charge on any atom is 0.191 e. The van der Waals surface area contributed by atoms with E-state index in [4.69, 9.17) is 10.5 Å². The van der Waals surface area contributed by atoms with Gasteiger partial charge >= 0.3 is 0 Å². The van der Waals surface area contributed by atoms with Crippen LogP contribution >= 0.6 is 0 Å². The third-order valence-electron chi connectivity index (χ3n) is 3.06. The lowest BCUT2D eigenvalue weighted by atomic mass is 10.0. The first-order valence-corrected chi connectivity index (χ1v) is 5.30. The number of hydrogen-bond donors (Lipinski definition) is 1. The smallest absolute Gasteiger partial charge is 0.191 e. The maximum absolute atomic E-state index is 5.75. The standard InChI is InChI=1S/C12H17N3O/c1-8-6-9(4-5-11(8)16-3)10-7-14-12(13)15(10)2/h4-6,10H,7H2,1-3H3,(H2,13,14). The van der Waals surface area contributed by atoms with Gasteiger partial charge in [0, 0.05) is 7.05 Å². The molecular weight excluding hydrogens is 202 g/mol. The first-order valence-electron chi connectivity index (χ1n) is 5.30. The van der Waals surface area contributed by atoms with E-state index in [9.17, 15) is 0 Å². The summed E-state index contributed by atoms with van der Waals surface area (Å²) in [5.74, 6) is 1.52. The van der Waals surface area contributed by atoms with Gasteiger partial charge in [-0.15, -0.1) is 0 Å². The molecule has 0 saturated carbocycles. The molecule has 0 saturated heterocycles. The van der Waals surface area contributed by atoms with Crippen molar-refractivity contribution in [3.05, 3.63) is 29.3 Å². The lowest BCUT2D eigenvalue weighted by molar-refractivity contribution is 0.404. The Morgan fingerprint density at radius 3 is 2.75 bits per heavy atom. The molecular formula is C12H17N3O. The van der Waals surface area contributed by atoms with Crippen molar-refractivity contribution in [3.8, 4) is 5.75 Å². The van der Waals surface area contributed by atoms with Crippen molar-refractivity contribution in [1.29, 1.82) is 0 Å². The highest BCUT2D eigenvalue weighted by Crippen LogP contribution is 2.27. The number of ether oxygens (including phenoxy) is 1. The monoisotopic (exact) mass is 219 g/mol. The normalized spacial score (nSPS) is 19.8. The number of nitrogens with two attached hydrogens (primary N) is 1. The molecule has 0 aliphatic carbocycles. The molecule has 2 N–H and O–H groups in total. The average molecular weight is 219 g/mol. The minimum absolute atomic E-state index is 0.254. The predicted molar refractivity (Wildman–Crippen MR) is 64.7 cm³/mol. The Balaban J connectivity index is 2.26. The van der Waals surface area contributed by atoms with Crippen molar-refractivity contribution < 1.29 is 4.74 Å². The predicted octanol–water partition coefficient (Wildman–Crippen LogP) is 1.30. The minimum Gasteiger partial charge on any atom is -0.496 e. The van der Waals surface area contributed by atoms with Crippen molar-refractivity contribution in [2.75, 3.05) is 20.7 Å². The number of guanidine groups is 1. The van der Waals surface area contributed by atoms with E-state index < -0.39 is 0 Å². The first-order chi connectivity index (χ1) is 7.63. The largest absolute Gasteiger partial charge is 0.496 e. The fraction of sp³-hybridized carbons (Fsp3) is 0.417. The van der Waals surface area contributed by atoms with Crippen molar-refractivity contribution in [1.82, 2.24) is 4.90 Å². The van der Waals surface area contributed by atoms with Crippen LogP contribution < -0.4 is 10.5 Å². The SMILES string of the molecule is COc1ccc(C2CN=C(N)N2C)cc1C. The number of methoxy groups -OCH3 is 1. The highest BCUT2D eigenvalue weighted by molar-refractivity contribution is 5.80. The molecule has 86 valence electrons. The number of aliphatic imine (C=N–C) groups is 1. The van der Waals surface area contributed by atoms with Gasteiger partial charge < -0.3 is 15.4 Å². The van der Waals surface area contributed by atoms with Crippen LogP contribution in [0.2, 0.25) is 0 Å². The molecule has 0 radical (unpaired) electrons. The minimum atomic E-state index is 0.254. The number of likely N-dealkylation sites (N-methyl/N-ethyl adjacent to an activating group) is 1. The van der Waals surface area contributed by atoms with Gasteiger partial charge in [-0.05, 0) is 24.1 Å². The quantitative estimate of drug-likeness (QED) is 0.815. The zero-order valence-electron chi connectivity index (χ0n) is 9.90. The summed E-state index contributed by atoms with van der Waals surface area (Å²) >= 11 is 0. The van der Waals surface area contributed by atoms with Gasteiger partial charge in [0.05, 0.1) is 19.7 Å². The molecule has 1 unspecified atom stereocenters. The zero-order valence-corrected chi connectivity index (χ0v) is 9.90. The second-order valence-electron chi connectivity index (χ2n) is 4.05. The Bertz CT molecular complexity index is 428. The molecule has 0 spiro atoms. The van der Waals surface area contributed by atoms with E-state index in [-0.39, 0.29) is 6.04 Å². The lowest BCUT2D eigenvalue weighted by Crippen LogP contribution is -2.32. The van der Waals surface area contributed by atoms with Gasteiger partial charge in [0.1, 0.15) is 5.75 Å². The van der Waals surface area contributed by atoms with Crippen LogP contribution in [0.1, 0.15) is 17.2 Å². The van der Waals surface area contributed by atoms with Crippen LogP contribution in [0.25, 0.3) is 0 Å². The summed E-state index contributed by atoms with van der Waals surface area (Å²) in [7, 11) is 3.65. The van der Waals surface area contributed by atoms with Crippen LogP contribution in [0, 0.1) is 6.92 Å². The van der Waals surface area contributed by atoms with Gasteiger partial charge in [0.2, 0.25) is 0 Å². The van der Waals surface area contributed by atoms with Gasteiger partial charge in [0.25, 0.3) is 0 Å². The highest BCUT2D eigenvalue weighted by atomic mass is 16.5. The number of aryl methyl sites for hydroxylation is 1. The van der Waals surface area contributed by atoms with Gasteiger partial charge in [0.15, 0.2) is 5.96 Å². The van der Waals surface area contributed by atoms with Crippen LogP contribution in [-0.2, 0) is 0 Å². The zero-order chi connectivity index (χ0) is 11.7. The Labute approximate surface area is 95.7 Å². The molecule has 1 heterocycles. The second-order valence-corrected chi connectivity index (χ2v) is 4.05. The molecule has 0 amide bonds. The number of hydrogen-bond acceptors (Lipinski definition) is 4. The van der Waals surface area contributed by atoms with Crippen molar-refractivity contribution in [2.24, 2.45) is 10.7 Å². The van der Waals surface area contributed by atoms with Gasteiger partial charge in [-0.25, -0.2) is 0 Å². The molecule has 1 aromatic rings. The van der Waals surface area contributed by atoms with Crippen LogP contribution in [0.3, 0.4) is 0 Å². The number of rotatable bonds is 2. The van der Waals surface area contributed by atoms with Crippen molar-refractivity contribution in [2.45, 2.75) is 13.0 Å². The molecule has 1 aliphatic rings. The van der Waals surface area contributed by atoms with Crippen molar-refractivity contribution in [3.63, 3.8) is 0 Å². The van der Waals surface area contributed by atoms with Gasteiger partial charge in [-0.2, -0.15) is 0 Å². The molecule has 1 aliphatic heterocycles. The molecule has 16 heavy (non-hydrogen) atoms. The van der Waals surface area contributed by atoms with E-state index in [1.807, 2.05) is 24.9 Å². The summed E-state index contributed by atoms with van der Waals surface area (Å²) in [5.41, 5.74) is 8.12. The number of benzene rings is 1. The highest BCUT2D eigenvalue weighted by Gasteiger charge is 2.24. The van der Waals surface area contributed by atoms with Crippen LogP contribution in [0.5, 0.6) is 5.75 Å².